The molecule has 1 heterocycles. The molecule has 0 aliphatic carbocycles. The van der Waals surface area contributed by atoms with Crippen LogP contribution in [-0.4, -0.2) is 0 Å². The van der Waals surface area contributed by atoms with E-state index in [4.69, 9.17) is 0 Å². The van der Waals surface area contributed by atoms with E-state index < -0.39 is 0 Å². The van der Waals surface area contributed by atoms with Crippen molar-refractivity contribution in [2.75, 3.05) is 0 Å². The van der Waals surface area contributed by atoms with Gasteiger partial charge in [0.1, 0.15) is 7.05 Å². The van der Waals surface area contributed by atoms with Crippen molar-refractivity contribution in [2.45, 2.75) is 6.92 Å². The number of aromatic nitrogens is 1. The fourth-order valence-electron chi connectivity index (χ4n) is 2.25. The number of nitrogens with zero attached hydrogens (tertiary/aromatic N) is 1. The molecule has 2 aromatic rings. The van der Waals surface area contributed by atoms with Crippen LogP contribution in [0.1, 0.15) is 16.8 Å². The number of benzene rings is 1. The highest BCUT2D eigenvalue weighted by atomic mass is 14.9. The summed E-state index contributed by atoms with van der Waals surface area (Å²) in [5.74, 6) is 0. The standard InChI is InChI=1S/C17H18N/c1-5-14-11-12-17(18(4)16(14)6-2)15-10-8-7-9-13(15)3/h5-12H,1-2H2,3-4H3/q+1. The Morgan fingerprint density at radius 3 is 2.33 bits per heavy atom. The van der Waals surface area contributed by atoms with Crippen molar-refractivity contribution in [1.29, 1.82) is 0 Å². The van der Waals surface area contributed by atoms with Gasteiger partial charge < -0.3 is 0 Å². The number of rotatable bonds is 3. The predicted octanol–water partition coefficient (Wildman–Crippen LogP) is 3.77. The summed E-state index contributed by atoms with van der Waals surface area (Å²) in [7, 11) is 2.06. The molecule has 0 saturated carbocycles. The van der Waals surface area contributed by atoms with Crippen LogP contribution in [-0.2, 0) is 7.05 Å². The number of hydrogen-bond donors (Lipinski definition) is 0. The summed E-state index contributed by atoms with van der Waals surface area (Å²) in [6.07, 6.45) is 3.73. The topological polar surface area (TPSA) is 3.88 Å². The Morgan fingerprint density at radius 1 is 1.00 bits per heavy atom. The molecule has 1 aromatic heterocycles. The van der Waals surface area contributed by atoms with Crippen LogP contribution < -0.4 is 4.57 Å². The summed E-state index contributed by atoms with van der Waals surface area (Å²) in [4.78, 5) is 0. The largest absolute Gasteiger partial charge is 0.213 e. The first-order chi connectivity index (χ1) is 8.69. The van der Waals surface area contributed by atoms with E-state index in [0.717, 1.165) is 11.3 Å². The minimum atomic E-state index is 1.09. The first kappa shape index (κ1) is 12.3. The van der Waals surface area contributed by atoms with Crippen molar-refractivity contribution in [2.24, 2.45) is 7.05 Å². The third kappa shape index (κ3) is 2.00. The van der Waals surface area contributed by atoms with Crippen LogP contribution in [0, 0.1) is 6.92 Å². The molecule has 0 spiro atoms. The van der Waals surface area contributed by atoms with E-state index >= 15 is 0 Å². The number of aryl methyl sites for hydroxylation is 1. The van der Waals surface area contributed by atoms with E-state index in [1.165, 1.54) is 16.8 Å². The lowest BCUT2D eigenvalue weighted by atomic mass is 10.0. The molecule has 0 aliphatic heterocycles. The van der Waals surface area contributed by atoms with Crippen LogP contribution in [0.4, 0.5) is 0 Å². The molecule has 18 heavy (non-hydrogen) atoms. The van der Waals surface area contributed by atoms with Crippen LogP contribution in [0.5, 0.6) is 0 Å². The van der Waals surface area contributed by atoms with Crippen LogP contribution in [0.2, 0.25) is 0 Å². The minimum absolute atomic E-state index is 1.09. The summed E-state index contributed by atoms with van der Waals surface area (Å²) in [6.45, 7) is 9.86. The zero-order valence-electron chi connectivity index (χ0n) is 11.0. The van der Waals surface area contributed by atoms with Crippen LogP contribution in [0.25, 0.3) is 23.4 Å². The minimum Gasteiger partial charge on any atom is -0.194 e. The van der Waals surface area contributed by atoms with E-state index in [1.807, 2.05) is 12.2 Å². The second-order valence-corrected chi connectivity index (χ2v) is 4.34. The molecule has 0 amide bonds. The van der Waals surface area contributed by atoms with E-state index in [9.17, 15) is 0 Å². The highest BCUT2D eigenvalue weighted by Gasteiger charge is 2.16. The third-order valence-electron chi connectivity index (χ3n) is 3.27. The highest BCUT2D eigenvalue weighted by molar-refractivity contribution is 5.65. The Morgan fingerprint density at radius 2 is 1.72 bits per heavy atom. The van der Waals surface area contributed by atoms with Gasteiger partial charge in [-0.2, -0.15) is 4.57 Å². The Kier molecular flexibility index (Phi) is 3.42. The van der Waals surface area contributed by atoms with Crippen LogP contribution >= 0.6 is 0 Å². The average molecular weight is 236 g/mol. The molecule has 0 unspecified atom stereocenters. The zero-order chi connectivity index (χ0) is 13.1. The summed E-state index contributed by atoms with van der Waals surface area (Å²) >= 11 is 0. The van der Waals surface area contributed by atoms with Crippen molar-refractivity contribution < 1.29 is 4.57 Å². The maximum absolute atomic E-state index is 3.89. The van der Waals surface area contributed by atoms with Gasteiger partial charge in [0.25, 0.3) is 0 Å². The first-order valence-electron chi connectivity index (χ1n) is 6.03. The molecule has 0 bridgehead atoms. The molecule has 0 fully saturated rings. The molecule has 0 saturated heterocycles. The lowest BCUT2D eigenvalue weighted by Crippen LogP contribution is -2.35. The van der Waals surface area contributed by atoms with E-state index in [1.54, 1.807) is 0 Å². The molecule has 0 atom stereocenters. The second-order valence-electron chi connectivity index (χ2n) is 4.34. The Hall–Kier alpha value is -2.15. The van der Waals surface area contributed by atoms with Gasteiger partial charge in [-0.05, 0) is 24.6 Å². The van der Waals surface area contributed by atoms with Crippen molar-refractivity contribution in [3.63, 3.8) is 0 Å². The quantitative estimate of drug-likeness (QED) is 0.714. The molecule has 0 aliphatic rings. The fraction of sp³-hybridized carbons (Fsp3) is 0.118. The van der Waals surface area contributed by atoms with Gasteiger partial charge in [-0.3, -0.25) is 0 Å². The Labute approximate surface area is 109 Å². The molecule has 1 aromatic carbocycles. The monoisotopic (exact) mass is 236 g/mol. The molecule has 0 radical (unpaired) electrons. The second kappa shape index (κ2) is 5.01. The van der Waals surface area contributed by atoms with Gasteiger partial charge in [0, 0.05) is 23.3 Å². The third-order valence-corrected chi connectivity index (χ3v) is 3.27. The molecule has 1 heteroatoms. The number of hydrogen-bond acceptors (Lipinski definition) is 0. The summed E-state index contributed by atoms with van der Waals surface area (Å²) < 4.78 is 2.16. The predicted molar refractivity (Wildman–Crippen MR) is 78.0 cm³/mol. The summed E-state index contributed by atoms with van der Waals surface area (Å²) in [6, 6.07) is 12.6. The van der Waals surface area contributed by atoms with Crippen molar-refractivity contribution >= 4 is 12.2 Å². The average Bonchev–Trinajstić information content (AvgIpc) is 2.39. The highest BCUT2D eigenvalue weighted by Crippen LogP contribution is 2.21. The SMILES string of the molecule is C=Cc1ccc(-c2ccccc2C)[n+](C)c1C=C. The Balaban J connectivity index is 2.71. The van der Waals surface area contributed by atoms with Crippen molar-refractivity contribution in [1.82, 2.24) is 0 Å². The molecule has 1 nitrogen and oxygen atoms in total. The van der Waals surface area contributed by atoms with E-state index in [0.29, 0.717) is 0 Å². The van der Waals surface area contributed by atoms with Gasteiger partial charge >= 0.3 is 0 Å². The van der Waals surface area contributed by atoms with Gasteiger partial charge in [0.05, 0.1) is 0 Å². The van der Waals surface area contributed by atoms with Crippen molar-refractivity contribution in [3.05, 3.63) is 66.4 Å². The zero-order valence-corrected chi connectivity index (χ0v) is 11.0. The van der Waals surface area contributed by atoms with Crippen LogP contribution in [0.3, 0.4) is 0 Å². The lowest BCUT2D eigenvalue weighted by molar-refractivity contribution is -0.662. The molecule has 90 valence electrons. The smallest absolute Gasteiger partial charge is 0.194 e. The first-order valence-corrected chi connectivity index (χ1v) is 6.03. The lowest BCUT2D eigenvalue weighted by Gasteiger charge is -2.07. The number of pyridine rings is 1. The normalized spacial score (nSPS) is 10.1. The van der Waals surface area contributed by atoms with Gasteiger partial charge in [-0.1, -0.05) is 37.4 Å². The molecule has 2 rings (SSSR count). The summed E-state index contributed by atoms with van der Waals surface area (Å²) in [5, 5.41) is 0. The van der Waals surface area contributed by atoms with Gasteiger partial charge in [-0.25, -0.2) is 0 Å². The van der Waals surface area contributed by atoms with Crippen LogP contribution in [0.15, 0.2) is 49.6 Å². The summed E-state index contributed by atoms with van der Waals surface area (Å²) in [5.41, 5.74) is 5.90. The molecule has 0 N–H and O–H groups in total. The van der Waals surface area contributed by atoms with E-state index in [-0.39, 0.29) is 0 Å². The maximum atomic E-state index is 3.89. The van der Waals surface area contributed by atoms with Crippen molar-refractivity contribution in [3.8, 4) is 11.3 Å². The van der Waals surface area contributed by atoms with Gasteiger partial charge in [-0.15, -0.1) is 0 Å². The fourth-order valence-corrected chi connectivity index (χ4v) is 2.25. The maximum Gasteiger partial charge on any atom is 0.213 e. The van der Waals surface area contributed by atoms with E-state index in [2.05, 4.69) is 68.1 Å². The molecular weight excluding hydrogens is 218 g/mol. The Bertz CT molecular complexity index is 609. The van der Waals surface area contributed by atoms with Gasteiger partial charge in [0.15, 0.2) is 0 Å². The molecular formula is C17H18N+. The van der Waals surface area contributed by atoms with Gasteiger partial charge in [0.2, 0.25) is 11.4 Å².